The van der Waals surface area contributed by atoms with Gasteiger partial charge in [0.2, 0.25) is 0 Å². The number of aromatic nitrogens is 1. The highest BCUT2D eigenvalue weighted by Gasteiger charge is 2.32. The number of carbonyl (C=O) groups is 3. The number of aromatic carboxylic acids is 1. The van der Waals surface area contributed by atoms with Gasteiger partial charge >= 0.3 is 18.2 Å². The number of imide groups is 1. The minimum atomic E-state index is -1.22. The SMILES string of the molecule is CC(C)(C)OC(=O)N(C(=O)OC(C)(C)C)c1ccc(C(=O)O)nc1. The molecular formula is C16H22N2O6. The highest BCUT2D eigenvalue weighted by molar-refractivity contribution is 6.09. The molecule has 0 aliphatic carbocycles. The van der Waals surface area contributed by atoms with E-state index < -0.39 is 29.4 Å². The van der Waals surface area contributed by atoms with E-state index in [9.17, 15) is 14.4 Å². The normalized spacial score (nSPS) is 11.6. The van der Waals surface area contributed by atoms with Gasteiger partial charge in [-0.2, -0.15) is 4.90 Å². The van der Waals surface area contributed by atoms with Crippen LogP contribution in [0.5, 0.6) is 0 Å². The Labute approximate surface area is 140 Å². The molecule has 2 amide bonds. The first-order chi connectivity index (χ1) is 10.8. The molecule has 1 rings (SSSR count). The van der Waals surface area contributed by atoms with Crippen LogP contribution in [0.2, 0.25) is 0 Å². The van der Waals surface area contributed by atoms with Gasteiger partial charge < -0.3 is 14.6 Å². The predicted molar refractivity (Wildman–Crippen MR) is 86.1 cm³/mol. The standard InChI is InChI=1S/C16H22N2O6/c1-15(2,3)23-13(21)18(14(22)24-16(4,5)6)10-7-8-11(12(19)20)17-9-10/h7-9H,1-6H3,(H,19,20). The molecule has 0 fully saturated rings. The van der Waals surface area contributed by atoms with Crippen LogP contribution in [0.3, 0.4) is 0 Å². The third-order valence-corrected chi connectivity index (χ3v) is 2.38. The number of rotatable bonds is 2. The highest BCUT2D eigenvalue weighted by atomic mass is 16.6. The summed E-state index contributed by atoms with van der Waals surface area (Å²) in [5.74, 6) is -1.22. The first-order valence-electron chi connectivity index (χ1n) is 7.25. The minimum Gasteiger partial charge on any atom is -0.477 e. The fourth-order valence-corrected chi connectivity index (χ4v) is 1.55. The first kappa shape index (κ1) is 19.4. The van der Waals surface area contributed by atoms with E-state index in [1.165, 1.54) is 12.1 Å². The van der Waals surface area contributed by atoms with Gasteiger partial charge in [0.1, 0.15) is 16.9 Å². The molecule has 1 N–H and O–H groups in total. The molecule has 0 aromatic carbocycles. The van der Waals surface area contributed by atoms with E-state index in [0.29, 0.717) is 4.90 Å². The molecule has 0 aliphatic heterocycles. The van der Waals surface area contributed by atoms with Crippen molar-refractivity contribution in [3.63, 3.8) is 0 Å². The summed E-state index contributed by atoms with van der Waals surface area (Å²) in [6.45, 7) is 9.94. The van der Waals surface area contributed by atoms with Gasteiger partial charge in [0.15, 0.2) is 0 Å². The molecule has 132 valence electrons. The van der Waals surface area contributed by atoms with E-state index in [1.54, 1.807) is 41.5 Å². The lowest BCUT2D eigenvalue weighted by atomic mass is 10.2. The molecule has 0 bridgehead atoms. The summed E-state index contributed by atoms with van der Waals surface area (Å²) in [7, 11) is 0. The summed E-state index contributed by atoms with van der Waals surface area (Å²) >= 11 is 0. The van der Waals surface area contributed by atoms with Crippen molar-refractivity contribution >= 4 is 23.8 Å². The van der Waals surface area contributed by atoms with Crippen molar-refractivity contribution in [2.24, 2.45) is 0 Å². The van der Waals surface area contributed by atoms with Crippen LogP contribution >= 0.6 is 0 Å². The summed E-state index contributed by atoms with van der Waals surface area (Å²) in [4.78, 5) is 40.0. The van der Waals surface area contributed by atoms with Gasteiger partial charge in [-0.3, -0.25) is 0 Å². The summed E-state index contributed by atoms with van der Waals surface area (Å²) < 4.78 is 10.4. The summed E-state index contributed by atoms with van der Waals surface area (Å²) in [5.41, 5.74) is -1.83. The third-order valence-electron chi connectivity index (χ3n) is 2.38. The van der Waals surface area contributed by atoms with Gasteiger partial charge in [0.05, 0.1) is 11.9 Å². The molecule has 1 aromatic rings. The molecule has 8 nitrogen and oxygen atoms in total. The molecule has 1 aromatic heterocycles. The lowest BCUT2D eigenvalue weighted by Crippen LogP contribution is -2.43. The van der Waals surface area contributed by atoms with E-state index in [2.05, 4.69) is 4.98 Å². The fraction of sp³-hybridized carbons (Fsp3) is 0.500. The maximum Gasteiger partial charge on any atom is 0.424 e. The quantitative estimate of drug-likeness (QED) is 0.880. The average molecular weight is 338 g/mol. The maximum atomic E-state index is 12.4. The van der Waals surface area contributed by atoms with Gasteiger partial charge in [-0.05, 0) is 53.7 Å². The second kappa shape index (κ2) is 6.86. The Morgan fingerprint density at radius 2 is 1.42 bits per heavy atom. The fourth-order valence-electron chi connectivity index (χ4n) is 1.55. The number of carboxylic acid groups (broad SMARTS) is 1. The average Bonchev–Trinajstić information content (AvgIpc) is 2.34. The van der Waals surface area contributed by atoms with Crippen LogP contribution in [0.15, 0.2) is 18.3 Å². The van der Waals surface area contributed by atoms with Crippen LogP contribution in [0.1, 0.15) is 52.0 Å². The number of nitrogens with zero attached hydrogens (tertiary/aromatic N) is 2. The number of hydrogen-bond donors (Lipinski definition) is 1. The van der Waals surface area contributed by atoms with Crippen molar-refractivity contribution in [2.75, 3.05) is 4.90 Å². The first-order valence-corrected chi connectivity index (χ1v) is 7.25. The van der Waals surface area contributed by atoms with Crippen LogP contribution in [-0.2, 0) is 9.47 Å². The van der Waals surface area contributed by atoms with Crippen molar-refractivity contribution in [3.8, 4) is 0 Å². The summed E-state index contributed by atoms with van der Waals surface area (Å²) in [5, 5.41) is 8.88. The number of amides is 2. The topological polar surface area (TPSA) is 106 Å². The number of carbonyl (C=O) groups excluding carboxylic acids is 2. The zero-order valence-corrected chi connectivity index (χ0v) is 14.6. The number of anilines is 1. The second-order valence-corrected chi connectivity index (χ2v) is 7.00. The Hall–Kier alpha value is -2.64. The lowest BCUT2D eigenvalue weighted by Gasteiger charge is -2.28. The molecule has 0 aliphatic rings. The molecule has 0 saturated carbocycles. The van der Waals surface area contributed by atoms with E-state index in [4.69, 9.17) is 14.6 Å². The van der Waals surface area contributed by atoms with E-state index in [-0.39, 0.29) is 11.4 Å². The Kier molecular flexibility index (Phi) is 5.54. The Morgan fingerprint density at radius 3 is 1.71 bits per heavy atom. The molecule has 0 atom stereocenters. The molecule has 0 spiro atoms. The Morgan fingerprint density at radius 1 is 0.958 bits per heavy atom. The van der Waals surface area contributed by atoms with E-state index in [1.807, 2.05) is 0 Å². The monoisotopic (exact) mass is 338 g/mol. The summed E-state index contributed by atoms with van der Waals surface area (Å²) in [6, 6.07) is 2.46. The molecule has 0 unspecified atom stereocenters. The lowest BCUT2D eigenvalue weighted by molar-refractivity contribution is 0.0430. The van der Waals surface area contributed by atoms with Crippen LogP contribution in [0.25, 0.3) is 0 Å². The zero-order chi connectivity index (χ0) is 18.7. The van der Waals surface area contributed by atoms with Crippen LogP contribution in [-0.4, -0.2) is 39.4 Å². The van der Waals surface area contributed by atoms with Crippen LogP contribution in [0, 0.1) is 0 Å². The van der Waals surface area contributed by atoms with Crippen molar-refractivity contribution in [1.29, 1.82) is 0 Å². The van der Waals surface area contributed by atoms with Gasteiger partial charge in [-0.1, -0.05) is 0 Å². The van der Waals surface area contributed by atoms with E-state index in [0.717, 1.165) is 6.20 Å². The van der Waals surface area contributed by atoms with Crippen LogP contribution < -0.4 is 4.90 Å². The highest BCUT2D eigenvalue weighted by Crippen LogP contribution is 2.21. The molecule has 1 heterocycles. The molecule has 24 heavy (non-hydrogen) atoms. The Balaban J connectivity index is 3.19. The summed E-state index contributed by atoms with van der Waals surface area (Å²) in [6.07, 6.45) is -0.791. The zero-order valence-electron chi connectivity index (χ0n) is 14.6. The van der Waals surface area contributed by atoms with Gasteiger partial charge in [0, 0.05) is 0 Å². The minimum absolute atomic E-state index is 0.0449. The molecule has 0 saturated heterocycles. The van der Waals surface area contributed by atoms with Crippen molar-refractivity contribution in [2.45, 2.75) is 52.7 Å². The van der Waals surface area contributed by atoms with Crippen molar-refractivity contribution in [1.82, 2.24) is 4.98 Å². The number of pyridine rings is 1. The molecule has 8 heteroatoms. The van der Waals surface area contributed by atoms with Gasteiger partial charge in [-0.15, -0.1) is 0 Å². The third kappa shape index (κ3) is 5.86. The predicted octanol–water partition coefficient (Wildman–Crippen LogP) is 3.46. The van der Waals surface area contributed by atoms with Crippen molar-refractivity contribution in [3.05, 3.63) is 24.0 Å². The van der Waals surface area contributed by atoms with Gasteiger partial charge in [-0.25, -0.2) is 19.4 Å². The smallest absolute Gasteiger partial charge is 0.424 e. The maximum absolute atomic E-state index is 12.4. The second-order valence-electron chi connectivity index (χ2n) is 7.00. The number of carboxylic acids is 1. The van der Waals surface area contributed by atoms with E-state index >= 15 is 0 Å². The Bertz CT molecular complexity index is 597. The largest absolute Gasteiger partial charge is 0.477 e. The van der Waals surface area contributed by atoms with Crippen LogP contribution in [0.4, 0.5) is 15.3 Å². The number of ether oxygens (including phenoxy) is 2. The van der Waals surface area contributed by atoms with Gasteiger partial charge in [0.25, 0.3) is 0 Å². The molecule has 0 radical (unpaired) electrons. The molecular weight excluding hydrogens is 316 g/mol. The van der Waals surface area contributed by atoms with Crippen molar-refractivity contribution < 1.29 is 29.0 Å². The number of hydrogen-bond acceptors (Lipinski definition) is 6.